The van der Waals surface area contributed by atoms with Gasteiger partial charge in [0.25, 0.3) is 0 Å². The first-order valence-electron chi connectivity index (χ1n) is 29.8. The van der Waals surface area contributed by atoms with Crippen molar-refractivity contribution in [1.29, 1.82) is 0 Å². The fourth-order valence-corrected chi connectivity index (χ4v) is 14.5. The number of fused-ring (bicyclic) bond motifs is 4. The van der Waals surface area contributed by atoms with E-state index in [-0.39, 0.29) is 72.2 Å². The highest BCUT2D eigenvalue weighted by Crippen LogP contribution is 2.42. The van der Waals surface area contributed by atoms with Crippen molar-refractivity contribution >= 4 is 56.5 Å². The first-order valence-corrected chi connectivity index (χ1v) is 30.6. The second-order valence-corrected chi connectivity index (χ2v) is 25.1. The topological polar surface area (TPSA) is 198 Å². The van der Waals surface area contributed by atoms with E-state index in [4.69, 9.17) is 24.2 Å². The first-order chi connectivity index (χ1) is 40.1. The molecule has 20 heteroatoms. The molecule has 17 nitrogen and oxygen atoms in total. The lowest BCUT2D eigenvalue weighted by molar-refractivity contribution is -0.141. The molecule has 2 unspecified atom stereocenters. The molecule has 2 amide bonds. The number of pyridine rings is 1. The number of amides is 2. The molecule has 4 aromatic heterocycles. The molecule has 83 heavy (non-hydrogen) atoms. The van der Waals surface area contributed by atoms with Gasteiger partial charge in [0.2, 0.25) is 11.8 Å². The Morgan fingerprint density at radius 1 is 0.952 bits per heavy atom. The minimum atomic E-state index is -1.29. The molecule has 0 radical (unpaired) electrons. The molecule has 2 bridgehead atoms. The number of nitrogens with one attached hydrogen (secondary N) is 2. The maximum Gasteiger partial charge on any atom is 0.319 e. The number of aliphatic hydroxyl groups is 1. The number of rotatable bonds is 17. The van der Waals surface area contributed by atoms with Gasteiger partial charge < -0.3 is 44.8 Å². The van der Waals surface area contributed by atoms with E-state index in [0.717, 1.165) is 83.2 Å². The van der Waals surface area contributed by atoms with E-state index < -0.39 is 29.5 Å². The highest BCUT2D eigenvalue weighted by molar-refractivity contribution is 7.13. The number of piperazine rings is 1. The van der Waals surface area contributed by atoms with Crippen molar-refractivity contribution in [3.8, 4) is 33.5 Å². The zero-order valence-electron chi connectivity index (χ0n) is 48.0. The number of halogens is 2. The van der Waals surface area contributed by atoms with Gasteiger partial charge in [0.05, 0.1) is 33.6 Å². The van der Waals surface area contributed by atoms with Crippen LogP contribution in [0.4, 0.5) is 20.4 Å². The number of aromatic hydroxyl groups is 1. The smallest absolute Gasteiger partial charge is 0.319 e. The molecule has 5 saturated heterocycles. The summed E-state index contributed by atoms with van der Waals surface area (Å²) in [5.74, 6) is -0.275. The molecule has 5 fully saturated rings. The van der Waals surface area contributed by atoms with Crippen LogP contribution in [0.25, 0.3) is 43.4 Å². The molecular formula is C63H75F2N11O6S. The largest absolute Gasteiger partial charge is 0.508 e. The molecule has 4 N–H and O–H groups in total. The van der Waals surface area contributed by atoms with Crippen LogP contribution >= 0.6 is 11.3 Å². The molecule has 5 aliphatic heterocycles. The van der Waals surface area contributed by atoms with Crippen LogP contribution in [-0.4, -0.2) is 146 Å². The van der Waals surface area contributed by atoms with Crippen LogP contribution in [0.1, 0.15) is 114 Å². The van der Waals surface area contributed by atoms with E-state index in [9.17, 15) is 19.8 Å². The van der Waals surface area contributed by atoms with Crippen LogP contribution in [0.2, 0.25) is 0 Å². The molecule has 3 aromatic carbocycles. The van der Waals surface area contributed by atoms with Gasteiger partial charge in [-0.1, -0.05) is 68.4 Å². The van der Waals surface area contributed by atoms with E-state index in [1.54, 1.807) is 29.7 Å². The number of thiazole rings is 1. The summed E-state index contributed by atoms with van der Waals surface area (Å²) in [5, 5.41) is 34.9. The van der Waals surface area contributed by atoms with Crippen molar-refractivity contribution in [1.82, 2.24) is 45.5 Å². The molecule has 0 aliphatic carbocycles. The summed E-state index contributed by atoms with van der Waals surface area (Å²) in [7, 11) is 0. The molecule has 0 saturated carbocycles. The Hall–Kier alpha value is -6.87. The number of phenolic OH excluding ortho intramolecular Hbond substituents is 1. The number of β-amino-alcohol motifs (C(OH)–C–C–N with tert-alkyl or cyclic N) is 1. The van der Waals surface area contributed by atoms with Crippen molar-refractivity contribution in [3.05, 3.63) is 101 Å². The molecular weight excluding hydrogens is 1080 g/mol. The number of phenols is 1. The summed E-state index contributed by atoms with van der Waals surface area (Å²) in [6, 6.07) is 18.5. The van der Waals surface area contributed by atoms with E-state index in [1.807, 2.05) is 81.7 Å². The Morgan fingerprint density at radius 3 is 2.42 bits per heavy atom. The fraction of sp³-hybridized carbons (Fsp3) is 0.508. The molecule has 7 aromatic rings. The van der Waals surface area contributed by atoms with Gasteiger partial charge in [-0.25, -0.2) is 13.8 Å². The van der Waals surface area contributed by atoms with E-state index in [2.05, 4.69) is 42.4 Å². The van der Waals surface area contributed by atoms with Crippen LogP contribution < -0.4 is 25.2 Å². The Kier molecular flexibility index (Phi) is 16.1. The normalized spacial score (nSPS) is 22.0. The second kappa shape index (κ2) is 23.6. The summed E-state index contributed by atoms with van der Waals surface area (Å²) < 4.78 is 46.1. The molecule has 12 rings (SSSR count). The van der Waals surface area contributed by atoms with Gasteiger partial charge in [0.1, 0.15) is 47.0 Å². The zero-order chi connectivity index (χ0) is 57.7. The maximum absolute atomic E-state index is 17.1. The fourth-order valence-electron chi connectivity index (χ4n) is 13.7. The molecule has 9 heterocycles. The van der Waals surface area contributed by atoms with Crippen LogP contribution in [0.15, 0.2) is 76.9 Å². The van der Waals surface area contributed by atoms with Gasteiger partial charge in [-0.15, -0.1) is 11.3 Å². The van der Waals surface area contributed by atoms with Crippen molar-refractivity contribution in [2.45, 2.75) is 134 Å². The minimum Gasteiger partial charge on any atom is -0.508 e. The predicted octanol–water partition coefficient (Wildman–Crippen LogP) is 9.68. The maximum atomic E-state index is 17.1. The average molecular weight is 1150 g/mol. The van der Waals surface area contributed by atoms with E-state index in [0.29, 0.717) is 92.4 Å². The van der Waals surface area contributed by atoms with Gasteiger partial charge in [-0.05, 0) is 117 Å². The monoisotopic (exact) mass is 1150 g/mol. The Labute approximate surface area is 486 Å². The van der Waals surface area contributed by atoms with Gasteiger partial charge in [0, 0.05) is 88.7 Å². The lowest BCUT2D eigenvalue weighted by Crippen LogP contribution is -2.51. The number of anilines is 2. The van der Waals surface area contributed by atoms with Crippen LogP contribution in [0.3, 0.4) is 0 Å². The summed E-state index contributed by atoms with van der Waals surface area (Å²) in [5.41, 5.74) is 5.22. The predicted molar refractivity (Wildman–Crippen MR) is 317 cm³/mol. The second-order valence-electron chi connectivity index (χ2n) is 24.2. The highest BCUT2D eigenvalue weighted by atomic mass is 32.1. The summed E-state index contributed by atoms with van der Waals surface area (Å²) >= 11 is 1.59. The number of hydrogen-bond donors (Lipinski definition) is 4. The molecule has 0 spiro atoms. The molecule has 6 atom stereocenters. The van der Waals surface area contributed by atoms with Crippen molar-refractivity contribution in [2.24, 2.45) is 11.8 Å². The van der Waals surface area contributed by atoms with Crippen LogP contribution in [-0.2, 0) is 16.0 Å². The summed E-state index contributed by atoms with van der Waals surface area (Å²) in [6.45, 7) is 14.6. The number of alkyl halides is 1. The van der Waals surface area contributed by atoms with Crippen LogP contribution in [0, 0.1) is 24.6 Å². The van der Waals surface area contributed by atoms with Crippen LogP contribution in [0.5, 0.6) is 11.8 Å². The van der Waals surface area contributed by atoms with Gasteiger partial charge in [-0.3, -0.25) is 19.5 Å². The number of benzene rings is 3. The number of aromatic nitrogens is 5. The van der Waals surface area contributed by atoms with Gasteiger partial charge in [-0.2, -0.15) is 9.97 Å². The SMILES string of the molecule is CCc1cccc2cc(O)cc(-c3ncc4c(N5CC6CCC(C5)N6)nc(OCCN5CCC(F)(CC6CCN(c7cc([C@H](C(=O)N8C[C@H](O)C[C@H]8C(=O)N[C@@H](C)c8ccc(-c9scnc9C)cc8)C(C)C)on7)CC6)CC5)nc4c3F)c12. The highest BCUT2D eigenvalue weighted by Gasteiger charge is 2.44. The minimum absolute atomic E-state index is 0.0228. The van der Waals surface area contributed by atoms with Crippen molar-refractivity contribution in [3.63, 3.8) is 0 Å². The summed E-state index contributed by atoms with van der Waals surface area (Å²) in [4.78, 5) is 56.1. The van der Waals surface area contributed by atoms with Gasteiger partial charge >= 0.3 is 6.01 Å². The Balaban J connectivity index is 0.643. The van der Waals surface area contributed by atoms with E-state index >= 15 is 8.78 Å². The zero-order valence-corrected chi connectivity index (χ0v) is 48.8. The third-order valence-corrected chi connectivity index (χ3v) is 19.2. The number of hydrogen-bond acceptors (Lipinski definition) is 16. The number of ether oxygens (including phenoxy) is 1. The van der Waals surface area contributed by atoms with Gasteiger partial charge in [0.15, 0.2) is 17.4 Å². The molecule has 5 aliphatic rings. The number of likely N-dealkylation sites (tertiary alicyclic amines) is 2. The number of aliphatic hydroxyl groups excluding tert-OH is 1. The standard InChI is InChI=1S/C63H75F2N11O6S/c1-6-40-8-7-9-43-26-46(77)27-48(54(40)43)56-55(64)57-49(31-66-56)59(75-32-44-14-15-45(33-75)69-44)71-62(70-57)81-25-24-73-22-18-63(65,19-23-73)30-39-16-20-74(21-17-39)52-29-51(82-72-52)53(36(2)3)61(80)76-34-47(78)28-50(76)60(79)68-37(4)41-10-12-42(13-11-41)58-38(5)67-35-83-58/h7-13,26-27,29,31,35-37,39,44-45,47,50,53,69,77-78H,6,14-25,28,30,32-34H2,1-5H3,(H,68,79)/t37-,44?,45?,47+,50-,53+/m0/s1. The first kappa shape index (κ1) is 56.6. The van der Waals surface area contributed by atoms with Crippen molar-refractivity contribution in [2.75, 3.05) is 68.8 Å². The average Bonchev–Trinajstić information content (AvgIpc) is 3.09. The Bertz CT molecular complexity index is 3480. The number of carbonyl (C=O) groups excluding carboxylic acids is 2. The lowest BCUT2D eigenvalue weighted by Gasteiger charge is -2.40. The van der Waals surface area contributed by atoms with E-state index in [1.165, 1.54) is 4.90 Å². The van der Waals surface area contributed by atoms with Crippen molar-refractivity contribution < 1.29 is 37.8 Å². The third-order valence-electron chi connectivity index (χ3n) is 18.2. The third kappa shape index (κ3) is 11.7. The quantitative estimate of drug-likeness (QED) is 0.0672. The Morgan fingerprint density at radius 2 is 1.71 bits per heavy atom. The number of carbonyl (C=O) groups is 2. The number of piperidine rings is 2. The number of aryl methyl sites for hydroxylation is 2. The lowest BCUT2D eigenvalue weighted by atomic mass is 9.80. The summed E-state index contributed by atoms with van der Waals surface area (Å²) in [6.07, 6.45) is 6.68. The number of nitrogens with zero attached hydrogens (tertiary/aromatic N) is 9. The molecule has 438 valence electrons.